The Morgan fingerprint density at radius 3 is 2.80 bits per heavy atom. The molecule has 0 saturated carbocycles. The summed E-state index contributed by atoms with van der Waals surface area (Å²) >= 11 is 0. The standard InChI is InChI=1S/C24H24N6O4S/c1-25-12-15-7-8-19(26-13-15)30-22(27-20(31)14-35(2,33)34)21-18(29-30)11-24(28-23(21)32)10-9-16-5-3-4-6-17(16)24/h3-8,12-13H,9-11,14H2,1-2H3,(H,27,31)(H,28,32)/b25-12+/t24-/m0/s1. The Morgan fingerprint density at radius 1 is 1.29 bits per heavy atom. The van der Waals surface area contributed by atoms with E-state index in [2.05, 4.69) is 31.8 Å². The largest absolute Gasteiger partial charge is 0.342 e. The number of sulfone groups is 1. The summed E-state index contributed by atoms with van der Waals surface area (Å²) in [5, 5.41) is 10.4. The van der Waals surface area contributed by atoms with Crippen LogP contribution in [0.5, 0.6) is 0 Å². The predicted molar refractivity (Wildman–Crippen MR) is 131 cm³/mol. The van der Waals surface area contributed by atoms with Gasteiger partial charge in [-0.15, -0.1) is 0 Å². The van der Waals surface area contributed by atoms with Gasteiger partial charge >= 0.3 is 0 Å². The number of nitrogens with one attached hydrogen (secondary N) is 2. The van der Waals surface area contributed by atoms with Crippen LogP contribution in [0.15, 0.2) is 47.6 Å². The molecule has 3 heterocycles. The highest BCUT2D eigenvalue weighted by Crippen LogP contribution is 2.43. The Hall–Kier alpha value is -3.86. The van der Waals surface area contributed by atoms with Gasteiger partial charge in [-0.2, -0.15) is 9.78 Å². The number of rotatable bonds is 5. The average molecular weight is 493 g/mol. The highest BCUT2D eigenvalue weighted by molar-refractivity contribution is 7.91. The van der Waals surface area contributed by atoms with Crippen molar-refractivity contribution in [2.45, 2.75) is 24.8 Å². The fraction of sp³-hybridized carbons (Fsp3) is 0.292. The highest BCUT2D eigenvalue weighted by atomic mass is 32.2. The highest BCUT2D eigenvalue weighted by Gasteiger charge is 2.46. The van der Waals surface area contributed by atoms with E-state index in [1.54, 1.807) is 31.6 Å². The van der Waals surface area contributed by atoms with E-state index < -0.39 is 27.0 Å². The van der Waals surface area contributed by atoms with Crippen LogP contribution in [0.4, 0.5) is 5.82 Å². The summed E-state index contributed by atoms with van der Waals surface area (Å²) in [5.41, 5.74) is 3.17. The van der Waals surface area contributed by atoms with Crippen molar-refractivity contribution in [3.8, 4) is 5.82 Å². The molecule has 10 nitrogen and oxygen atoms in total. The molecular weight excluding hydrogens is 468 g/mol. The quantitative estimate of drug-likeness (QED) is 0.517. The third-order valence-corrected chi connectivity index (χ3v) is 7.06. The number of nitrogens with zero attached hydrogens (tertiary/aromatic N) is 4. The number of aliphatic imine (C=N–C) groups is 1. The zero-order valence-electron chi connectivity index (χ0n) is 19.3. The van der Waals surface area contributed by atoms with Gasteiger partial charge in [-0.05, 0) is 36.1 Å². The van der Waals surface area contributed by atoms with Crippen LogP contribution < -0.4 is 10.6 Å². The second kappa shape index (κ2) is 8.42. The molecule has 1 atom stereocenters. The molecule has 0 bridgehead atoms. The van der Waals surface area contributed by atoms with Gasteiger partial charge in [0.05, 0.1) is 11.2 Å². The summed E-state index contributed by atoms with van der Waals surface area (Å²) in [6, 6.07) is 11.5. The van der Waals surface area contributed by atoms with Crippen molar-refractivity contribution in [3.05, 3.63) is 70.5 Å². The van der Waals surface area contributed by atoms with Gasteiger partial charge in [-0.3, -0.25) is 14.6 Å². The molecular formula is C24H24N6O4S. The first-order valence-corrected chi connectivity index (χ1v) is 13.1. The Morgan fingerprint density at radius 2 is 2.09 bits per heavy atom. The van der Waals surface area contributed by atoms with Crippen molar-refractivity contribution in [2.24, 2.45) is 4.99 Å². The van der Waals surface area contributed by atoms with Crippen molar-refractivity contribution >= 4 is 33.7 Å². The maximum absolute atomic E-state index is 13.5. The molecule has 2 aromatic heterocycles. The molecule has 0 fully saturated rings. The Balaban J connectivity index is 1.60. The number of hydrogen-bond acceptors (Lipinski definition) is 7. The summed E-state index contributed by atoms with van der Waals surface area (Å²) in [6.07, 6.45) is 6.24. The molecule has 3 aromatic rings. The molecule has 35 heavy (non-hydrogen) atoms. The summed E-state index contributed by atoms with van der Waals surface area (Å²) in [6.45, 7) is 0. The molecule has 1 spiro atoms. The minimum absolute atomic E-state index is 0.0942. The molecule has 1 aliphatic carbocycles. The van der Waals surface area contributed by atoms with Crippen LogP contribution in [0.25, 0.3) is 5.82 Å². The lowest BCUT2D eigenvalue weighted by Gasteiger charge is -2.34. The maximum Gasteiger partial charge on any atom is 0.257 e. The lowest BCUT2D eigenvalue weighted by atomic mass is 9.83. The van der Waals surface area contributed by atoms with Crippen molar-refractivity contribution in [2.75, 3.05) is 24.4 Å². The minimum atomic E-state index is -3.57. The normalized spacial score (nSPS) is 19.0. The molecule has 2 aliphatic rings. The van der Waals surface area contributed by atoms with Gasteiger partial charge in [0, 0.05) is 37.7 Å². The maximum atomic E-state index is 13.5. The number of carbonyl (C=O) groups is 2. The second-order valence-corrected chi connectivity index (χ2v) is 11.0. The monoisotopic (exact) mass is 492 g/mol. The van der Waals surface area contributed by atoms with E-state index >= 15 is 0 Å². The topological polar surface area (TPSA) is 135 Å². The number of benzene rings is 1. The first-order chi connectivity index (χ1) is 16.7. The fourth-order valence-electron chi connectivity index (χ4n) is 4.87. The molecule has 11 heteroatoms. The van der Waals surface area contributed by atoms with E-state index in [0.717, 1.165) is 30.2 Å². The molecule has 1 aromatic carbocycles. The zero-order chi connectivity index (χ0) is 24.8. The summed E-state index contributed by atoms with van der Waals surface area (Å²) in [4.78, 5) is 34.4. The number of anilines is 1. The third kappa shape index (κ3) is 4.23. The number of fused-ring (bicyclic) bond motifs is 3. The van der Waals surface area contributed by atoms with Crippen LogP contribution in [-0.4, -0.2) is 60.3 Å². The number of aryl methyl sites for hydroxylation is 1. The minimum Gasteiger partial charge on any atom is -0.342 e. The molecule has 2 amide bonds. The molecule has 5 rings (SSSR count). The van der Waals surface area contributed by atoms with Gasteiger partial charge < -0.3 is 10.6 Å². The lowest BCUT2D eigenvalue weighted by molar-refractivity contribution is -0.113. The van der Waals surface area contributed by atoms with Crippen LogP contribution in [0.2, 0.25) is 0 Å². The van der Waals surface area contributed by atoms with Crippen molar-refractivity contribution in [3.63, 3.8) is 0 Å². The van der Waals surface area contributed by atoms with Crippen molar-refractivity contribution < 1.29 is 18.0 Å². The predicted octanol–water partition coefficient (Wildman–Crippen LogP) is 1.43. The number of hydrogen-bond donors (Lipinski definition) is 2. The summed E-state index contributed by atoms with van der Waals surface area (Å²) in [5.74, 6) is -1.39. The van der Waals surface area contributed by atoms with Gasteiger partial charge in [0.2, 0.25) is 5.91 Å². The molecule has 0 radical (unpaired) electrons. The molecule has 2 N–H and O–H groups in total. The average Bonchev–Trinajstić information content (AvgIpc) is 3.32. The first-order valence-electron chi connectivity index (χ1n) is 11.1. The van der Waals surface area contributed by atoms with Gasteiger partial charge in [-0.25, -0.2) is 13.4 Å². The van der Waals surface area contributed by atoms with E-state index in [9.17, 15) is 18.0 Å². The van der Waals surface area contributed by atoms with Gasteiger partial charge in [0.1, 0.15) is 11.3 Å². The molecule has 0 saturated heterocycles. The number of aromatic nitrogens is 3. The molecule has 180 valence electrons. The van der Waals surface area contributed by atoms with E-state index in [-0.39, 0.29) is 17.3 Å². The molecule has 1 aliphatic heterocycles. The van der Waals surface area contributed by atoms with Gasteiger partial charge in [-0.1, -0.05) is 24.3 Å². The lowest BCUT2D eigenvalue weighted by Crippen LogP contribution is -2.49. The van der Waals surface area contributed by atoms with E-state index in [1.807, 2.05) is 18.2 Å². The SMILES string of the molecule is C/N=C/c1ccc(-n2nc3c(c2NC(=O)CS(C)(=O)=O)C(=O)N[C@@]2(CCc4ccccc42)C3)nc1. The zero-order valence-corrected chi connectivity index (χ0v) is 20.1. The van der Waals surface area contributed by atoms with Crippen LogP contribution >= 0.6 is 0 Å². The van der Waals surface area contributed by atoms with Crippen LogP contribution in [0, 0.1) is 0 Å². The van der Waals surface area contributed by atoms with Crippen molar-refractivity contribution in [1.29, 1.82) is 0 Å². The second-order valence-electron chi connectivity index (χ2n) is 8.91. The molecule has 0 unspecified atom stereocenters. The van der Waals surface area contributed by atoms with Crippen molar-refractivity contribution in [1.82, 2.24) is 20.1 Å². The fourth-order valence-corrected chi connectivity index (χ4v) is 5.42. The Kier molecular flexibility index (Phi) is 5.51. The Bertz CT molecular complexity index is 1480. The van der Waals surface area contributed by atoms with E-state index in [1.165, 1.54) is 10.2 Å². The van der Waals surface area contributed by atoms with E-state index in [4.69, 9.17) is 0 Å². The van der Waals surface area contributed by atoms with Crippen LogP contribution in [0.3, 0.4) is 0 Å². The smallest absolute Gasteiger partial charge is 0.257 e. The summed E-state index contributed by atoms with van der Waals surface area (Å²) in [7, 11) is -1.92. The van der Waals surface area contributed by atoms with Gasteiger partial charge in [0.25, 0.3) is 5.91 Å². The number of pyridine rings is 1. The summed E-state index contributed by atoms with van der Waals surface area (Å²) < 4.78 is 24.7. The van der Waals surface area contributed by atoms with Crippen LogP contribution in [-0.2, 0) is 33.0 Å². The Labute approximate surface area is 202 Å². The third-order valence-electron chi connectivity index (χ3n) is 6.28. The van der Waals surface area contributed by atoms with E-state index in [0.29, 0.717) is 17.9 Å². The van der Waals surface area contributed by atoms with Crippen LogP contribution in [0.1, 0.15) is 39.2 Å². The first kappa shape index (κ1) is 22.9. The van der Waals surface area contributed by atoms with Gasteiger partial charge in [0.15, 0.2) is 21.5 Å². The number of carbonyl (C=O) groups excluding carboxylic acids is 2. The number of amides is 2.